The predicted molar refractivity (Wildman–Crippen MR) is 103 cm³/mol. The Kier molecular flexibility index (Phi) is 6.02. The minimum Gasteiger partial charge on any atom is -0.350 e. The molecule has 2 heterocycles. The molecule has 0 bridgehead atoms. The maximum Gasteiger partial charge on any atom is 0.445 e. The highest BCUT2D eigenvalue weighted by atomic mass is 32.1. The number of carbonyl (C=O) groups is 1. The van der Waals surface area contributed by atoms with Gasteiger partial charge < -0.3 is 5.32 Å². The Hall–Kier alpha value is -2.75. The molecule has 1 unspecified atom stereocenters. The van der Waals surface area contributed by atoms with Crippen molar-refractivity contribution in [3.63, 3.8) is 0 Å². The lowest BCUT2D eigenvalue weighted by Crippen LogP contribution is -2.30. The summed E-state index contributed by atoms with van der Waals surface area (Å²) >= 11 is 0.350. The lowest BCUT2D eigenvalue weighted by atomic mass is 10.1. The summed E-state index contributed by atoms with van der Waals surface area (Å²) in [5.41, 5.74) is 0.314. The minimum absolute atomic E-state index is 0.0463. The molecule has 5 nitrogen and oxygen atoms in total. The molecular weight excluding hydrogens is 408 g/mol. The molecule has 1 amide bonds. The maximum absolute atomic E-state index is 14.3. The number of fused-ring (bicyclic) bond motifs is 1. The zero-order valence-electron chi connectivity index (χ0n) is 15.6. The molecule has 0 radical (unpaired) electrons. The molecule has 10 heteroatoms. The van der Waals surface area contributed by atoms with Gasteiger partial charge in [0, 0.05) is 17.7 Å². The van der Waals surface area contributed by atoms with Crippen LogP contribution < -0.4 is 5.32 Å². The van der Waals surface area contributed by atoms with E-state index in [1.165, 1.54) is 30.4 Å². The highest BCUT2D eigenvalue weighted by molar-refractivity contribution is 7.16. The van der Waals surface area contributed by atoms with E-state index in [0.717, 1.165) is 17.4 Å². The highest BCUT2D eigenvalue weighted by Crippen LogP contribution is 2.35. The number of aromatic nitrogens is 3. The van der Waals surface area contributed by atoms with E-state index in [9.17, 15) is 22.4 Å². The number of hydrogen-bond donors (Lipinski definition) is 1. The first kappa shape index (κ1) is 21.0. The zero-order chi connectivity index (χ0) is 21.2. The smallest absolute Gasteiger partial charge is 0.350 e. The van der Waals surface area contributed by atoms with Crippen LogP contribution in [0.25, 0.3) is 22.3 Å². The number of benzene rings is 1. The van der Waals surface area contributed by atoms with Crippen LogP contribution in [-0.2, 0) is 11.0 Å². The molecule has 154 valence electrons. The summed E-state index contributed by atoms with van der Waals surface area (Å²) in [6.45, 7) is 3.84. The summed E-state index contributed by atoms with van der Waals surface area (Å²) in [4.78, 5) is 16.2. The van der Waals surface area contributed by atoms with Gasteiger partial charge in [-0.25, -0.2) is 13.9 Å². The number of alkyl halides is 3. The van der Waals surface area contributed by atoms with Crippen LogP contribution in [0.4, 0.5) is 17.6 Å². The average molecular weight is 426 g/mol. The maximum atomic E-state index is 14.3. The summed E-state index contributed by atoms with van der Waals surface area (Å²) in [5.74, 6) is -0.989. The molecular formula is C19H18F4N4OS. The second-order valence-electron chi connectivity index (χ2n) is 6.46. The Morgan fingerprint density at radius 3 is 2.72 bits per heavy atom. The summed E-state index contributed by atoms with van der Waals surface area (Å²) in [5, 5.41) is 5.26. The Morgan fingerprint density at radius 1 is 1.34 bits per heavy atom. The van der Waals surface area contributed by atoms with Gasteiger partial charge in [-0.1, -0.05) is 36.8 Å². The first-order chi connectivity index (χ1) is 13.7. The van der Waals surface area contributed by atoms with Crippen LogP contribution in [0.1, 0.15) is 37.4 Å². The first-order valence-corrected chi connectivity index (χ1v) is 9.72. The van der Waals surface area contributed by atoms with Crippen LogP contribution in [-0.4, -0.2) is 26.5 Å². The lowest BCUT2D eigenvalue weighted by Gasteiger charge is -2.10. The third-order valence-corrected chi connectivity index (χ3v) is 5.07. The molecule has 3 aromatic rings. The Morgan fingerprint density at radius 2 is 2.07 bits per heavy atom. The molecule has 1 aromatic carbocycles. The summed E-state index contributed by atoms with van der Waals surface area (Å²) in [6.07, 6.45) is -0.456. The molecule has 0 fully saturated rings. The fourth-order valence-electron chi connectivity index (χ4n) is 2.83. The van der Waals surface area contributed by atoms with E-state index in [1.54, 1.807) is 6.07 Å². The van der Waals surface area contributed by atoms with Crippen LogP contribution in [0.3, 0.4) is 0 Å². The van der Waals surface area contributed by atoms with Crippen molar-refractivity contribution >= 4 is 28.3 Å². The van der Waals surface area contributed by atoms with Gasteiger partial charge in [-0.05, 0) is 31.6 Å². The van der Waals surface area contributed by atoms with Gasteiger partial charge in [0.2, 0.25) is 15.9 Å². The molecule has 0 saturated carbocycles. The number of amides is 1. The number of imidazole rings is 1. The third kappa shape index (κ3) is 4.64. The van der Waals surface area contributed by atoms with Gasteiger partial charge in [0.05, 0.1) is 5.69 Å². The van der Waals surface area contributed by atoms with Crippen LogP contribution in [0.15, 0.2) is 30.3 Å². The van der Waals surface area contributed by atoms with E-state index < -0.39 is 22.9 Å². The topological polar surface area (TPSA) is 59.3 Å². The average Bonchev–Trinajstić information content (AvgIpc) is 3.18. The molecule has 0 spiro atoms. The molecule has 29 heavy (non-hydrogen) atoms. The Labute approximate surface area is 168 Å². The van der Waals surface area contributed by atoms with Gasteiger partial charge in [0.15, 0.2) is 0 Å². The van der Waals surface area contributed by atoms with Gasteiger partial charge in [-0.15, -0.1) is 5.10 Å². The van der Waals surface area contributed by atoms with E-state index in [-0.39, 0.29) is 28.0 Å². The molecule has 0 aliphatic heterocycles. The zero-order valence-corrected chi connectivity index (χ0v) is 16.4. The van der Waals surface area contributed by atoms with Crippen molar-refractivity contribution in [1.82, 2.24) is 19.9 Å². The normalized spacial score (nSPS) is 13.3. The van der Waals surface area contributed by atoms with E-state index in [2.05, 4.69) is 15.4 Å². The van der Waals surface area contributed by atoms with E-state index in [4.69, 9.17) is 0 Å². The van der Waals surface area contributed by atoms with Gasteiger partial charge in [0.25, 0.3) is 0 Å². The monoisotopic (exact) mass is 426 g/mol. The number of rotatable bonds is 6. The Balaban J connectivity index is 2.05. The summed E-state index contributed by atoms with van der Waals surface area (Å²) in [6, 6.07) is 5.73. The van der Waals surface area contributed by atoms with E-state index in [0.29, 0.717) is 11.3 Å². The molecule has 0 aliphatic rings. The molecule has 0 saturated heterocycles. The van der Waals surface area contributed by atoms with Crippen LogP contribution in [0.2, 0.25) is 0 Å². The second kappa shape index (κ2) is 8.32. The van der Waals surface area contributed by atoms with Crippen molar-refractivity contribution in [2.75, 3.05) is 0 Å². The number of carbonyl (C=O) groups excluding carboxylic acids is 1. The number of nitrogens with one attached hydrogen (secondary N) is 1. The van der Waals surface area contributed by atoms with E-state index in [1.807, 2.05) is 13.8 Å². The first-order valence-electron chi connectivity index (χ1n) is 8.91. The van der Waals surface area contributed by atoms with Gasteiger partial charge >= 0.3 is 6.18 Å². The molecule has 2 aromatic heterocycles. The van der Waals surface area contributed by atoms with Gasteiger partial charge in [-0.3, -0.25) is 4.79 Å². The van der Waals surface area contributed by atoms with Crippen LogP contribution >= 0.6 is 11.3 Å². The minimum atomic E-state index is -4.63. The van der Waals surface area contributed by atoms with Crippen LogP contribution in [0, 0.1) is 5.82 Å². The SMILES string of the molecule is CCCC(C)NC(=O)C=Cc1c(-c2ccccc2F)nc2sc(C(F)(F)F)nn12. The van der Waals surface area contributed by atoms with E-state index >= 15 is 0 Å². The number of halogens is 4. The summed E-state index contributed by atoms with van der Waals surface area (Å²) < 4.78 is 54.3. The van der Waals surface area contributed by atoms with Crippen LogP contribution in [0.5, 0.6) is 0 Å². The van der Waals surface area contributed by atoms with Crippen molar-refractivity contribution in [3.05, 3.63) is 46.9 Å². The molecule has 0 aliphatic carbocycles. The standard InChI is InChI=1S/C19H18F4N4OS/c1-3-6-11(2)24-15(28)10-9-14-16(12-7-4-5-8-13(12)20)25-18-27(14)26-17(29-18)19(21,22)23/h4-5,7-11H,3,6H2,1-2H3,(H,24,28). The van der Waals surface area contributed by atoms with Crippen molar-refractivity contribution in [2.24, 2.45) is 0 Å². The fraction of sp³-hybridized carbons (Fsp3) is 0.316. The molecule has 1 atom stereocenters. The second-order valence-corrected chi connectivity index (χ2v) is 7.41. The predicted octanol–water partition coefficient (Wildman–Crippen LogP) is 4.93. The van der Waals surface area contributed by atoms with Crippen molar-refractivity contribution < 1.29 is 22.4 Å². The molecule has 3 rings (SSSR count). The highest BCUT2D eigenvalue weighted by Gasteiger charge is 2.36. The quantitative estimate of drug-likeness (QED) is 0.449. The molecule has 1 N–H and O–H groups in total. The van der Waals surface area contributed by atoms with Gasteiger partial charge in [-0.2, -0.15) is 13.2 Å². The van der Waals surface area contributed by atoms with Gasteiger partial charge in [0.1, 0.15) is 11.5 Å². The van der Waals surface area contributed by atoms with Crippen molar-refractivity contribution in [2.45, 2.75) is 38.9 Å². The Bertz CT molecular complexity index is 1050. The summed E-state index contributed by atoms with van der Waals surface area (Å²) in [7, 11) is 0. The number of hydrogen-bond acceptors (Lipinski definition) is 4. The van der Waals surface area contributed by atoms with Crippen molar-refractivity contribution in [1.29, 1.82) is 0 Å². The largest absolute Gasteiger partial charge is 0.445 e. The third-order valence-electron chi connectivity index (χ3n) is 4.11. The van der Waals surface area contributed by atoms with Crippen molar-refractivity contribution in [3.8, 4) is 11.3 Å². The number of nitrogens with zero attached hydrogens (tertiary/aromatic N) is 3. The lowest BCUT2D eigenvalue weighted by molar-refractivity contribution is -0.138. The fourth-order valence-corrected chi connectivity index (χ4v) is 3.60.